The number of aryl methyl sites for hydroxylation is 1. The molecule has 0 radical (unpaired) electrons. The summed E-state index contributed by atoms with van der Waals surface area (Å²) in [6.45, 7) is 1.71. The Hall–Kier alpha value is -1.42. The highest BCUT2D eigenvalue weighted by Gasteiger charge is 2.07. The molecule has 15 heavy (non-hydrogen) atoms. The van der Waals surface area contributed by atoms with Crippen LogP contribution in [0.1, 0.15) is 17.3 Å². The van der Waals surface area contributed by atoms with Crippen molar-refractivity contribution in [2.24, 2.45) is 0 Å². The number of benzene rings is 1. The first-order chi connectivity index (χ1) is 7.15. The molecule has 1 aromatic carbocycles. The molecule has 0 saturated heterocycles. The Labute approximate surface area is 90.9 Å². The topological polar surface area (TPSA) is 38.9 Å². The number of aromatic nitrogens is 2. The Morgan fingerprint density at radius 1 is 1.47 bits per heavy atom. The molecule has 3 nitrogen and oxygen atoms in total. The fraction of sp³-hybridized carbons (Fsp3) is 0.200. The normalized spacial score (nSPS) is 10.6. The lowest BCUT2D eigenvalue weighted by Crippen LogP contribution is -1.92. The Morgan fingerprint density at radius 3 is 2.87 bits per heavy atom. The maximum Gasteiger partial charge on any atom is 0.223 e. The van der Waals surface area contributed by atoms with Crippen molar-refractivity contribution in [3.05, 3.63) is 46.3 Å². The number of nitrogens with zero attached hydrogens (tertiary/aromatic N) is 2. The third kappa shape index (κ3) is 2.33. The summed E-state index contributed by atoms with van der Waals surface area (Å²) in [5.41, 5.74) is 0.777. The van der Waals surface area contributed by atoms with Crippen molar-refractivity contribution in [3.8, 4) is 0 Å². The van der Waals surface area contributed by atoms with Crippen LogP contribution in [0.4, 0.5) is 4.39 Å². The molecule has 0 amide bonds. The number of hydrogen-bond acceptors (Lipinski definition) is 3. The van der Waals surface area contributed by atoms with Gasteiger partial charge in [-0.1, -0.05) is 22.8 Å². The van der Waals surface area contributed by atoms with Crippen LogP contribution in [0.25, 0.3) is 0 Å². The fourth-order valence-electron chi connectivity index (χ4n) is 1.25. The van der Waals surface area contributed by atoms with Gasteiger partial charge >= 0.3 is 0 Å². The van der Waals surface area contributed by atoms with Gasteiger partial charge < -0.3 is 4.52 Å². The van der Waals surface area contributed by atoms with Gasteiger partial charge in [-0.15, -0.1) is 0 Å². The first-order valence-corrected chi connectivity index (χ1v) is 4.76. The highest BCUT2D eigenvalue weighted by molar-refractivity contribution is 6.31. The van der Waals surface area contributed by atoms with E-state index in [4.69, 9.17) is 16.1 Å². The predicted octanol–water partition coefficient (Wildman–Crippen LogP) is 2.76. The molecule has 0 unspecified atom stereocenters. The largest absolute Gasteiger partial charge is 0.340 e. The molecule has 2 rings (SSSR count). The molecule has 0 saturated carbocycles. The lowest BCUT2D eigenvalue weighted by Gasteiger charge is -2.00. The van der Waals surface area contributed by atoms with Crippen molar-refractivity contribution in [2.45, 2.75) is 13.3 Å². The molecule has 0 bridgehead atoms. The minimum atomic E-state index is -0.354. The molecule has 78 valence electrons. The Bertz CT molecular complexity index is 484. The van der Waals surface area contributed by atoms with Crippen LogP contribution in [-0.4, -0.2) is 10.1 Å². The van der Waals surface area contributed by atoms with Crippen LogP contribution in [0.2, 0.25) is 5.02 Å². The lowest BCUT2D eigenvalue weighted by molar-refractivity contribution is 0.388. The molecule has 0 fully saturated rings. The van der Waals surface area contributed by atoms with Crippen molar-refractivity contribution in [3.63, 3.8) is 0 Å². The van der Waals surface area contributed by atoms with E-state index in [1.54, 1.807) is 13.0 Å². The van der Waals surface area contributed by atoms with Crippen molar-refractivity contribution in [1.82, 2.24) is 10.1 Å². The summed E-state index contributed by atoms with van der Waals surface area (Å²) in [5, 5.41) is 4.11. The second-order valence-corrected chi connectivity index (χ2v) is 3.55. The van der Waals surface area contributed by atoms with E-state index in [1.807, 2.05) is 0 Å². The SMILES string of the molecule is Cc1nc(Cc2ccc(F)cc2Cl)no1. The van der Waals surface area contributed by atoms with Gasteiger partial charge in [0.1, 0.15) is 5.82 Å². The molecule has 0 atom stereocenters. The minimum absolute atomic E-state index is 0.354. The van der Waals surface area contributed by atoms with E-state index in [9.17, 15) is 4.39 Å². The first kappa shape index (κ1) is 10.1. The van der Waals surface area contributed by atoms with Crippen molar-refractivity contribution >= 4 is 11.6 Å². The third-order valence-electron chi connectivity index (χ3n) is 1.93. The van der Waals surface area contributed by atoms with E-state index in [1.165, 1.54) is 12.1 Å². The summed E-state index contributed by atoms with van der Waals surface area (Å²) < 4.78 is 17.6. The predicted molar refractivity (Wildman–Crippen MR) is 53.3 cm³/mol. The summed E-state index contributed by atoms with van der Waals surface area (Å²) in [6.07, 6.45) is 0.441. The number of halogens is 2. The zero-order valence-electron chi connectivity index (χ0n) is 8.00. The molecule has 1 aromatic heterocycles. The van der Waals surface area contributed by atoms with Gasteiger partial charge in [0.15, 0.2) is 5.82 Å². The highest BCUT2D eigenvalue weighted by atomic mass is 35.5. The number of hydrogen-bond donors (Lipinski definition) is 0. The van der Waals surface area contributed by atoms with E-state index in [0.29, 0.717) is 23.2 Å². The molecule has 2 aromatic rings. The highest BCUT2D eigenvalue weighted by Crippen LogP contribution is 2.19. The molecular weight excluding hydrogens is 219 g/mol. The molecule has 1 heterocycles. The van der Waals surface area contributed by atoms with Gasteiger partial charge in [-0.25, -0.2) is 4.39 Å². The molecule has 5 heteroatoms. The van der Waals surface area contributed by atoms with E-state index < -0.39 is 0 Å². The summed E-state index contributed by atoms with van der Waals surface area (Å²) >= 11 is 5.86. The van der Waals surface area contributed by atoms with Crippen LogP contribution in [-0.2, 0) is 6.42 Å². The molecule has 0 aliphatic rings. The van der Waals surface area contributed by atoms with E-state index in [2.05, 4.69) is 10.1 Å². The van der Waals surface area contributed by atoms with Crippen LogP contribution in [0.15, 0.2) is 22.7 Å². The van der Waals surface area contributed by atoms with Gasteiger partial charge in [0.2, 0.25) is 5.89 Å². The summed E-state index contributed by atoms with van der Waals surface area (Å²) in [6, 6.07) is 4.24. The van der Waals surface area contributed by atoms with Gasteiger partial charge in [0.05, 0.1) is 0 Å². The van der Waals surface area contributed by atoms with Crippen LogP contribution >= 0.6 is 11.6 Å². The van der Waals surface area contributed by atoms with Crippen molar-refractivity contribution in [2.75, 3.05) is 0 Å². The summed E-state index contributed by atoms with van der Waals surface area (Å²) in [5.74, 6) is 0.692. The Kier molecular flexibility index (Phi) is 2.68. The van der Waals surface area contributed by atoms with E-state index >= 15 is 0 Å². The summed E-state index contributed by atoms with van der Waals surface area (Å²) in [7, 11) is 0. The third-order valence-corrected chi connectivity index (χ3v) is 2.29. The summed E-state index contributed by atoms with van der Waals surface area (Å²) in [4.78, 5) is 4.04. The first-order valence-electron chi connectivity index (χ1n) is 4.38. The average Bonchev–Trinajstić information content (AvgIpc) is 2.56. The van der Waals surface area contributed by atoms with Gasteiger partial charge in [-0.2, -0.15) is 4.98 Å². The van der Waals surface area contributed by atoms with Crippen molar-refractivity contribution < 1.29 is 8.91 Å². The molecular formula is C10H8ClFN2O. The van der Waals surface area contributed by atoms with Gasteiger partial charge in [-0.3, -0.25) is 0 Å². The maximum absolute atomic E-state index is 12.8. The second kappa shape index (κ2) is 3.98. The smallest absolute Gasteiger partial charge is 0.223 e. The van der Waals surface area contributed by atoms with Crippen LogP contribution in [0, 0.1) is 12.7 Å². The van der Waals surface area contributed by atoms with Crippen LogP contribution in [0.3, 0.4) is 0 Å². The molecule has 0 aliphatic carbocycles. The van der Waals surface area contributed by atoms with Gasteiger partial charge in [0.25, 0.3) is 0 Å². The number of rotatable bonds is 2. The monoisotopic (exact) mass is 226 g/mol. The zero-order chi connectivity index (χ0) is 10.8. The maximum atomic E-state index is 12.8. The second-order valence-electron chi connectivity index (χ2n) is 3.14. The molecule has 0 N–H and O–H groups in total. The average molecular weight is 227 g/mol. The van der Waals surface area contributed by atoms with E-state index in [0.717, 1.165) is 5.56 Å². The quantitative estimate of drug-likeness (QED) is 0.791. The fourth-order valence-corrected chi connectivity index (χ4v) is 1.48. The zero-order valence-corrected chi connectivity index (χ0v) is 8.75. The van der Waals surface area contributed by atoms with Gasteiger partial charge in [0, 0.05) is 18.4 Å². The van der Waals surface area contributed by atoms with E-state index in [-0.39, 0.29) is 5.82 Å². The van der Waals surface area contributed by atoms with Gasteiger partial charge in [-0.05, 0) is 17.7 Å². The van der Waals surface area contributed by atoms with Crippen molar-refractivity contribution in [1.29, 1.82) is 0 Å². The minimum Gasteiger partial charge on any atom is -0.340 e. The van der Waals surface area contributed by atoms with Crippen LogP contribution < -0.4 is 0 Å². The standard InChI is InChI=1S/C10H8ClFN2O/c1-6-13-10(14-15-6)4-7-2-3-8(12)5-9(7)11/h2-3,5H,4H2,1H3. The Balaban J connectivity index is 2.24. The molecule has 0 spiro atoms. The lowest BCUT2D eigenvalue weighted by atomic mass is 10.1. The van der Waals surface area contributed by atoms with Crippen LogP contribution in [0.5, 0.6) is 0 Å². The molecule has 0 aliphatic heterocycles. The Morgan fingerprint density at radius 2 is 2.27 bits per heavy atom.